The van der Waals surface area contributed by atoms with Gasteiger partial charge in [-0.25, -0.2) is 9.97 Å². The third-order valence-corrected chi connectivity index (χ3v) is 3.91. The van der Waals surface area contributed by atoms with Crippen LogP contribution >= 0.6 is 0 Å². The van der Waals surface area contributed by atoms with E-state index in [-0.39, 0.29) is 5.91 Å². The molecule has 120 valence electrons. The van der Waals surface area contributed by atoms with Gasteiger partial charge < -0.3 is 9.80 Å². The number of hydrogen-bond acceptors (Lipinski definition) is 4. The average Bonchev–Trinajstić information content (AvgIpc) is 3.08. The van der Waals surface area contributed by atoms with E-state index in [2.05, 4.69) is 35.3 Å². The van der Waals surface area contributed by atoms with Gasteiger partial charge in [0.2, 0.25) is 0 Å². The molecule has 0 spiro atoms. The van der Waals surface area contributed by atoms with Crippen molar-refractivity contribution in [2.24, 2.45) is 0 Å². The van der Waals surface area contributed by atoms with Crippen molar-refractivity contribution in [3.05, 3.63) is 24.8 Å². The van der Waals surface area contributed by atoms with Crippen LogP contribution in [0.2, 0.25) is 0 Å². The fourth-order valence-corrected chi connectivity index (χ4v) is 2.76. The molecule has 5 heteroatoms. The Morgan fingerprint density at radius 1 is 1.18 bits per heavy atom. The zero-order valence-corrected chi connectivity index (χ0v) is 13.7. The Bertz CT molecular complexity index is 500. The number of carbonyl (C=O) groups excluding carboxylic acids is 1. The first-order valence-electron chi connectivity index (χ1n) is 8.22. The van der Waals surface area contributed by atoms with Crippen molar-refractivity contribution in [2.75, 3.05) is 31.1 Å². The molecule has 0 aromatic carbocycles. The molecule has 1 saturated heterocycles. The van der Waals surface area contributed by atoms with E-state index in [9.17, 15) is 4.79 Å². The lowest BCUT2D eigenvalue weighted by molar-refractivity contribution is -0.125. The van der Waals surface area contributed by atoms with Crippen molar-refractivity contribution in [1.29, 1.82) is 0 Å². The Labute approximate surface area is 133 Å². The molecule has 1 aromatic rings. The van der Waals surface area contributed by atoms with Crippen LogP contribution in [0.5, 0.6) is 0 Å². The van der Waals surface area contributed by atoms with E-state index in [1.165, 1.54) is 12.8 Å². The number of hydrogen-bond donors (Lipinski definition) is 0. The van der Waals surface area contributed by atoms with Crippen LogP contribution in [0.1, 0.15) is 45.4 Å². The number of anilines is 1. The van der Waals surface area contributed by atoms with Gasteiger partial charge in [-0.1, -0.05) is 20.4 Å². The molecule has 0 N–H and O–H groups in total. The molecule has 1 aliphatic rings. The maximum Gasteiger partial charge on any atom is 0.257 e. The summed E-state index contributed by atoms with van der Waals surface area (Å²) in [5, 5.41) is 0. The first-order valence-corrected chi connectivity index (χ1v) is 8.22. The highest BCUT2D eigenvalue weighted by molar-refractivity contribution is 6.17. The van der Waals surface area contributed by atoms with Gasteiger partial charge in [0.25, 0.3) is 5.91 Å². The summed E-state index contributed by atoms with van der Waals surface area (Å²) in [6, 6.07) is 0. The SMILES string of the molecule is C=C(C(=O)N(CCC)CCC)c1ncc(N2CCCC2)cn1. The summed E-state index contributed by atoms with van der Waals surface area (Å²) in [5.41, 5.74) is 1.41. The summed E-state index contributed by atoms with van der Waals surface area (Å²) in [4.78, 5) is 25.3. The van der Waals surface area contributed by atoms with Gasteiger partial charge in [-0.2, -0.15) is 0 Å². The summed E-state index contributed by atoms with van der Waals surface area (Å²) < 4.78 is 0. The predicted octanol–water partition coefficient (Wildman–Crippen LogP) is 2.74. The Kier molecular flexibility index (Phi) is 5.92. The van der Waals surface area contributed by atoms with E-state index >= 15 is 0 Å². The normalized spacial score (nSPS) is 14.2. The minimum Gasteiger partial charge on any atom is -0.369 e. The molecule has 5 nitrogen and oxygen atoms in total. The first-order chi connectivity index (χ1) is 10.7. The number of rotatable bonds is 7. The maximum absolute atomic E-state index is 12.5. The molecule has 1 aliphatic heterocycles. The monoisotopic (exact) mass is 302 g/mol. The van der Waals surface area contributed by atoms with Crippen molar-refractivity contribution >= 4 is 17.2 Å². The minimum absolute atomic E-state index is 0.0578. The Hall–Kier alpha value is -1.91. The van der Waals surface area contributed by atoms with Gasteiger partial charge in [0.05, 0.1) is 23.7 Å². The Balaban J connectivity index is 2.06. The van der Waals surface area contributed by atoms with Crippen molar-refractivity contribution in [2.45, 2.75) is 39.5 Å². The second kappa shape index (κ2) is 7.92. The second-order valence-corrected chi connectivity index (χ2v) is 5.73. The Morgan fingerprint density at radius 3 is 2.23 bits per heavy atom. The summed E-state index contributed by atoms with van der Waals surface area (Å²) >= 11 is 0. The van der Waals surface area contributed by atoms with E-state index in [1.54, 1.807) is 12.4 Å². The molecule has 0 bridgehead atoms. The molecule has 2 heterocycles. The molecule has 0 aliphatic carbocycles. The maximum atomic E-state index is 12.5. The van der Waals surface area contributed by atoms with E-state index in [4.69, 9.17) is 0 Å². The van der Waals surface area contributed by atoms with Crippen LogP contribution in [0.25, 0.3) is 5.57 Å². The number of aromatic nitrogens is 2. The topological polar surface area (TPSA) is 49.3 Å². The lowest BCUT2D eigenvalue weighted by Crippen LogP contribution is -2.33. The van der Waals surface area contributed by atoms with E-state index in [0.29, 0.717) is 11.4 Å². The summed E-state index contributed by atoms with van der Waals surface area (Å²) in [6.45, 7) is 11.7. The third-order valence-electron chi connectivity index (χ3n) is 3.91. The van der Waals surface area contributed by atoms with Gasteiger partial charge in [0.15, 0.2) is 5.82 Å². The quantitative estimate of drug-likeness (QED) is 0.727. The van der Waals surface area contributed by atoms with Crippen LogP contribution in [0.4, 0.5) is 5.69 Å². The van der Waals surface area contributed by atoms with Gasteiger partial charge in [-0.15, -0.1) is 0 Å². The highest BCUT2D eigenvalue weighted by Gasteiger charge is 2.19. The van der Waals surface area contributed by atoms with Crippen molar-refractivity contribution < 1.29 is 4.79 Å². The molecular weight excluding hydrogens is 276 g/mol. The molecule has 0 saturated carbocycles. The van der Waals surface area contributed by atoms with Crippen LogP contribution in [-0.2, 0) is 4.79 Å². The van der Waals surface area contributed by atoms with Crippen molar-refractivity contribution in [3.8, 4) is 0 Å². The highest BCUT2D eigenvalue weighted by Crippen LogP contribution is 2.19. The molecule has 0 radical (unpaired) electrons. The van der Waals surface area contributed by atoms with Gasteiger partial charge in [0.1, 0.15) is 0 Å². The summed E-state index contributed by atoms with van der Waals surface area (Å²) in [6.07, 6.45) is 7.92. The summed E-state index contributed by atoms with van der Waals surface area (Å²) in [5.74, 6) is 0.378. The standard InChI is InChI=1S/C17H26N4O/c1-4-8-21(9-5-2)17(22)14(3)16-18-12-15(13-19-16)20-10-6-7-11-20/h12-13H,3-11H2,1-2H3. The van der Waals surface area contributed by atoms with E-state index in [1.807, 2.05) is 4.90 Å². The van der Waals surface area contributed by atoms with Crippen LogP contribution < -0.4 is 4.90 Å². The minimum atomic E-state index is -0.0578. The van der Waals surface area contributed by atoms with Crippen molar-refractivity contribution in [3.63, 3.8) is 0 Å². The molecule has 0 atom stereocenters. The highest BCUT2D eigenvalue weighted by atomic mass is 16.2. The average molecular weight is 302 g/mol. The largest absolute Gasteiger partial charge is 0.369 e. The Morgan fingerprint density at radius 2 is 1.73 bits per heavy atom. The van der Waals surface area contributed by atoms with Crippen LogP contribution in [0.15, 0.2) is 19.0 Å². The van der Waals surface area contributed by atoms with Crippen LogP contribution in [-0.4, -0.2) is 47.0 Å². The zero-order valence-electron chi connectivity index (χ0n) is 13.7. The lowest BCUT2D eigenvalue weighted by Gasteiger charge is -2.22. The number of amides is 1. The third kappa shape index (κ3) is 3.84. The molecular formula is C17H26N4O. The van der Waals surface area contributed by atoms with Gasteiger partial charge in [-0.05, 0) is 25.7 Å². The molecule has 22 heavy (non-hydrogen) atoms. The molecule has 2 rings (SSSR count). The fourth-order valence-electron chi connectivity index (χ4n) is 2.76. The zero-order chi connectivity index (χ0) is 15.9. The van der Waals surface area contributed by atoms with Gasteiger partial charge >= 0.3 is 0 Å². The van der Waals surface area contributed by atoms with Gasteiger partial charge in [-0.3, -0.25) is 4.79 Å². The fraction of sp³-hybridized carbons (Fsp3) is 0.588. The van der Waals surface area contributed by atoms with E-state index in [0.717, 1.165) is 44.7 Å². The van der Waals surface area contributed by atoms with Gasteiger partial charge in [0, 0.05) is 26.2 Å². The van der Waals surface area contributed by atoms with Crippen molar-refractivity contribution in [1.82, 2.24) is 14.9 Å². The molecule has 1 amide bonds. The number of carbonyl (C=O) groups is 1. The number of nitrogens with zero attached hydrogens (tertiary/aromatic N) is 4. The smallest absolute Gasteiger partial charge is 0.257 e. The molecule has 1 fully saturated rings. The predicted molar refractivity (Wildman–Crippen MR) is 89.7 cm³/mol. The van der Waals surface area contributed by atoms with Crippen LogP contribution in [0.3, 0.4) is 0 Å². The molecule has 0 unspecified atom stereocenters. The first kappa shape index (κ1) is 16.5. The van der Waals surface area contributed by atoms with Crippen LogP contribution in [0, 0.1) is 0 Å². The van der Waals surface area contributed by atoms with E-state index < -0.39 is 0 Å². The molecule has 1 aromatic heterocycles. The summed E-state index contributed by atoms with van der Waals surface area (Å²) in [7, 11) is 0. The second-order valence-electron chi connectivity index (χ2n) is 5.73. The lowest BCUT2D eigenvalue weighted by atomic mass is 10.2.